The van der Waals surface area contributed by atoms with E-state index in [2.05, 4.69) is 11.8 Å². The lowest BCUT2D eigenvalue weighted by molar-refractivity contribution is 0.415. The summed E-state index contributed by atoms with van der Waals surface area (Å²) >= 11 is 0. The highest BCUT2D eigenvalue weighted by Gasteiger charge is 1.96. The van der Waals surface area contributed by atoms with Crippen LogP contribution < -0.4 is 16.2 Å². The smallest absolute Gasteiger partial charge is 0.121 e. The third-order valence-corrected chi connectivity index (χ3v) is 1.58. The zero-order valence-electron chi connectivity index (χ0n) is 7.50. The van der Waals surface area contributed by atoms with Crippen LogP contribution in [0, 0.1) is 11.8 Å². The van der Waals surface area contributed by atoms with Gasteiger partial charge >= 0.3 is 0 Å². The van der Waals surface area contributed by atoms with Crippen LogP contribution in [0.4, 0.5) is 5.69 Å². The molecule has 0 aliphatic carbocycles. The molecule has 0 saturated heterocycles. The van der Waals surface area contributed by atoms with Crippen LogP contribution in [0.25, 0.3) is 0 Å². The quantitative estimate of drug-likeness (QED) is 0.486. The highest BCUT2D eigenvalue weighted by atomic mass is 16.5. The molecule has 0 aliphatic rings. The predicted molar refractivity (Wildman–Crippen MR) is 53.3 cm³/mol. The van der Waals surface area contributed by atoms with Crippen molar-refractivity contribution < 1.29 is 4.74 Å². The Bertz CT molecular complexity index is 350. The van der Waals surface area contributed by atoms with E-state index in [4.69, 9.17) is 16.2 Å². The van der Waals surface area contributed by atoms with Crippen molar-refractivity contribution in [2.45, 2.75) is 0 Å². The van der Waals surface area contributed by atoms with Gasteiger partial charge in [0.2, 0.25) is 0 Å². The Morgan fingerprint density at radius 3 is 2.77 bits per heavy atom. The van der Waals surface area contributed by atoms with Crippen LogP contribution in [0.3, 0.4) is 0 Å². The zero-order chi connectivity index (χ0) is 9.68. The first-order valence-electron chi connectivity index (χ1n) is 3.90. The molecule has 68 valence electrons. The topological polar surface area (TPSA) is 61.3 Å². The van der Waals surface area contributed by atoms with Crippen molar-refractivity contribution in [1.29, 1.82) is 0 Å². The van der Waals surface area contributed by atoms with Crippen LogP contribution in [-0.4, -0.2) is 13.7 Å². The SMILES string of the molecule is COc1ccc(C#CCN)c(N)c1. The van der Waals surface area contributed by atoms with Gasteiger partial charge in [-0.1, -0.05) is 11.8 Å². The van der Waals surface area contributed by atoms with Gasteiger partial charge in [0.1, 0.15) is 5.75 Å². The Balaban J connectivity index is 2.98. The third-order valence-electron chi connectivity index (χ3n) is 1.58. The lowest BCUT2D eigenvalue weighted by Gasteiger charge is -2.02. The van der Waals surface area contributed by atoms with Gasteiger partial charge in [-0.3, -0.25) is 0 Å². The van der Waals surface area contributed by atoms with Gasteiger partial charge in [-0.05, 0) is 12.1 Å². The van der Waals surface area contributed by atoms with Crippen LogP contribution in [0.2, 0.25) is 0 Å². The van der Waals surface area contributed by atoms with Crippen molar-refractivity contribution in [3.05, 3.63) is 23.8 Å². The first-order chi connectivity index (χ1) is 6.27. The molecule has 0 radical (unpaired) electrons. The minimum atomic E-state index is 0.339. The number of nitrogens with two attached hydrogens (primary N) is 2. The van der Waals surface area contributed by atoms with Crippen molar-refractivity contribution in [2.24, 2.45) is 5.73 Å². The molecule has 3 nitrogen and oxygen atoms in total. The molecule has 0 aromatic heterocycles. The van der Waals surface area contributed by atoms with E-state index < -0.39 is 0 Å². The average molecular weight is 176 g/mol. The maximum absolute atomic E-state index is 5.71. The number of hydrogen-bond donors (Lipinski definition) is 2. The fourth-order valence-corrected chi connectivity index (χ4v) is 0.928. The van der Waals surface area contributed by atoms with Gasteiger partial charge in [-0.25, -0.2) is 0 Å². The normalized spacial score (nSPS) is 8.77. The van der Waals surface area contributed by atoms with Gasteiger partial charge in [0.15, 0.2) is 0 Å². The second-order valence-electron chi connectivity index (χ2n) is 2.46. The minimum Gasteiger partial charge on any atom is -0.497 e. The van der Waals surface area contributed by atoms with Gasteiger partial charge in [0, 0.05) is 11.6 Å². The second kappa shape index (κ2) is 4.39. The molecular weight excluding hydrogens is 164 g/mol. The molecule has 0 aliphatic heterocycles. The van der Waals surface area contributed by atoms with Gasteiger partial charge in [0.05, 0.1) is 19.3 Å². The maximum Gasteiger partial charge on any atom is 0.121 e. The Morgan fingerprint density at radius 1 is 1.46 bits per heavy atom. The molecule has 3 heteroatoms. The van der Waals surface area contributed by atoms with E-state index in [0.717, 1.165) is 11.3 Å². The summed E-state index contributed by atoms with van der Waals surface area (Å²) in [6.07, 6.45) is 0. The Hall–Kier alpha value is -1.66. The number of benzene rings is 1. The Kier molecular flexibility index (Phi) is 3.18. The summed E-state index contributed by atoms with van der Waals surface area (Å²) in [5.41, 5.74) is 12.4. The van der Waals surface area contributed by atoms with E-state index >= 15 is 0 Å². The fourth-order valence-electron chi connectivity index (χ4n) is 0.928. The van der Waals surface area contributed by atoms with Gasteiger partial charge in [-0.2, -0.15) is 0 Å². The summed E-state index contributed by atoms with van der Waals surface area (Å²) in [7, 11) is 1.60. The lowest BCUT2D eigenvalue weighted by atomic mass is 10.2. The highest BCUT2D eigenvalue weighted by molar-refractivity contribution is 5.58. The van der Waals surface area contributed by atoms with E-state index in [1.807, 2.05) is 12.1 Å². The van der Waals surface area contributed by atoms with Gasteiger partial charge < -0.3 is 16.2 Å². The number of nitrogen functional groups attached to an aromatic ring is 1. The van der Waals surface area contributed by atoms with Crippen molar-refractivity contribution in [3.63, 3.8) is 0 Å². The van der Waals surface area contributed by atoms with E-state index in [0.29, 0.717) is 12.2 Å². The largest absolute Gasteiger partial charge is 0.497 e. The van der Waals surface area contributed by atoms with E-state index in [1.54, 1.807) is 13.2 Å². The van der Waals surface area contributed by atoms with Crippen LogP contribution in [-0.2, 0) is 0 Å². The molecule has 0 saturated carbocycles. The number of hydrogen-bond acceptors (Lipinski definition) is 3. The van der Waals surface area contributed by atoms with Crippen LogP contribution in [0.5, 0.6) is 5.75 Å². The second-order valence-corrected chi connectivity index (χ2v) is 2.46. The molecule has 13 heavy (non-hydrogen) atoms. The number of anilines is 1. The van der Waals surface area contributed by atoms with Crippen molar-refractivity contribution >= 4 is 5.69 Å². The molecule has 1 rings (SSSR count). The number of methoxy groups -OCH3 is 1. The number of rotatable bonds is 1. The van der Waals surface area contributed by atoms with Crippen LogP contribution in [0.1, 0.15) is 5.56 Å². The molecule has 0 amide bonds. The third kappa shape index (κ3) is 2.39. The Labute approximate surface area is 77.7 Å². The van der Waals surface area contributed by atoms with Crippen molar-refractivity contribution in [2.75, 3.05) is 19.4 Å². The lowest BCUT2D eigenvalue weighted by Crippen LogP contribution is -1.95. The summed E-state index contributed by atoms with van der Waals surface area (Å²) in [4.78, 5) is 0. The molecule has 0 bridgehead atoms. The molecule has 0 heterocycles. The first-order valence-corrected chi connectivity index (χ1v) is 3.90. The van der Waals surface area contributed by atoms with Gasteiger partial charge in [-0.15, -0.1) is 0 Å². The summed E-state index contributed by atoms with van der Waals surface area (Å²) < 4.78 is 5.00. The Morgan fingerprint density at radius 2 is 2.23 bits per heavy atom. The monoisotopic (exact) mass is 176 g/mol. The summed E-state index contributed by atoms with van der Waals surface area (Å²) in [5.74, 6) is 6.34. The predicted octanol–water partition coefficient (Wildman–Crippen LogP) is 0.588. The zero-order valence-corrected chi connectivity index (χ0v) is 7.50. The first kappa shape index (κ1) is 9.43. The molecule has 0 atom stereocenters. The summed E-state index contributed by atoms with van der Waals surface area (Å²) in [6.45, 7) is 0.339. The minimum absolute atomic E-state index is 0.339. The highest BCUT2D eigenvalue weighted by Crippen LogP contribution is 2.18. The molecular formula is C10H12N2O. The fraction of sp³-hybridized carbons (Fsp3) is 0.200. The van der Waals surface area contributed by atoms with Crippen LogP contribution >= 0.6 is 0 Å². The molecule has 1 aromatic rings. The molecule has 0 unspecified atom stereocenters. The van der Waals surface area contributed by atoms with Gasteiger partial charge in [0.25, 0.3) is 0 Å². The molecule has 0 spiro atoms. The van der Waals surface area contributed by atoms with Crippen molar-refractivity contribution in [3.8, 4) is 17.6 Å². The molecule has 1 aromatic carbocycles. The summed E-state index contributed by atoms with van der Waals surface area (Å²) in [5, 5.41) is 0. The van der Waals surface area contributed by atoms with Crippen molar-refractivity contribution in [1.82, 2.24) is 0 Å². The van der Waals surface area contributed by atoms with E-state index in [-0.39, 0.29) is 0 Å². The average Bonchev–Trinajstić information content (AvgIpc) is 2.16. The maximum atomic E-state index is 5.71. The van der Waals surface area contributed by atoms with Crippen LogP contribution in [0.15, 0.2) is 18.2 Å². The van der Waals surface area contributed by atoms with E-state index in [9.17, 15) is 0 Å². The molecule has 0 fully saturated rings. The summed E-state index contributed by atoms with van der Waals surface area (Å²) in [6, 6.07) is 5.37. The standard InChI is InChI=1S/C10H12N2O/c1-13-9-5-4-8(3-2-6-11)10(12)7-9/h4-5,7H,6,11-12H2,1H3. The van der Waals surface area contributed by atoms with E-state index in [1.165, 1.54) is 0 Å². The molecule has 4 N–H and O–H groups in total. The number of ether oxygens (including phenoxy) is 1.